The largest absolute Gasteiger partial charge is 0.465 e. The molecule has 1 spiro atoms. The number of methoxy groups -OCH3 is 1. The standard InChI is InChI=1S/C25H25N3O4/c1-14-21(24(31)32-4)22-23(26-14)18(29)11-19-25(22)12-16(25)13-28(19)20(30)10-7-15-5-8-17(9-6-15)27(2)3/h5-11,16,26H,12-13H2,1-4H3/b10-7+/t16-,25+/m1/s1. The molecule has 0 radical (unpaired) electrons. The van der Waals surface area contributed by atoms with Crippen LogP contribution in [0.5, 0.6) is 0 Å². The molecule has 164 valence electrons. The van der Waals surface area contributed by atoms with Crippen LogP contribution in [-0.4, -0.2) is 55.3 Å². The second kappa shape index (κ2) is 6.95. The number of hydrogen-bond donors (Lipinski definition) is 1. The molecule has 1 aromatic carbocycles. The van der Waals surface area contributed by atoms with E-state index in [1.54, 1.807) is 30.1 Å². The lowest BCUT2D eigenvalue weighted by Crippen LogP contribution is -2.33. The number of esters is 1. The van der Waals surface area contributed by atoms with E-state index >= 15 is 0 Å². The molecule has 2 fully saturated rings. The first-order chi connectivity index (χ1) is 15.3. The Bertz CT molecular complexity index is 1220. The lowest BCUT2D eigenvalue weighted by molar-refractivity contribution is -0.123. The van der Waals surface area contributed by atoms with Gasteiger partial charge in [0, 0.05) is 60.8 Å². The number of nitrogens with zero attached hydrogens (tertiary/aromatic N) is 2. The first-order valence-electron chi connectivity index (χ1n) is 10.6. The van der Waals surface area contributed by atoms with Gasteiger partial charge in [0.05, 0.1) is 18.4 Å². The molecule has 7 nitrogen and oxygen atoms in total. The summed E-state index contributed by atoms with van der Waals surface area (Å²) in [5, 5.41) is 0. The first kappa shape index (κ1) is 20.3. The number of hydrogen-bond acceptors (Lipinski definition) is 5. The van der Waals surface area contributed by atoms with Gasteiger partial charge >= 0.3 is 5.97 Å². The number of piperidine rings is 1. The highest BCUT2D eigenvalue weighted by Crippen LogP contribution is 2.67. The van der Waals surface area contributed by atoms with Crippen LogP contribution in [0.1, 0.15) is 44.1 Å². The highest BCUT2D eigenvalue weighted by atomic mass is 16.5. The number of carbonyl (C=O) groups excluding carboxylic acids is 3. The zero-order chi connectivity index (χ0) is 22.8. The summed E-state index contributed by atoms with van der Waals surface area (Å²) in [6.45, 7) is 2.31. The smallest absolute Gasteiger partial charge is 0.340 e. The fourth-order valence-corrected chi connectivity index (χ4v) is 5.22. The molecule has 1 N–H and O–H groups in total. The Hall–Kier alpha value is -3.61. The highest BCUT2D eigenvalue weighted by molar-refractivity contribution is 6.11. The molecule has 1 amide bonds. The van der Waals surface area contributed by atoms with Gasteiger partial charge < -0.3 is 19.5 Å². The summed E-state index contributed by atoms with van der Waals surface area (Å²) < 4.78 is 4.99. The SMILES string of the molecule is COC(=O)c1c(C)[nH]c2c1[C@@]13C[C@@H]1CN(C(=O)/C=C/c1ccc(N(C)C)cc1)C3=CC2=O. The number of aromatic nitrogens is 1. The number of benzene rings is 1. The normalized spacial score (nSPS) is 22.9. The van der Waals surface area contributed by atoms with Gasteiger partial charge in [-0.1, -0.05) is 12.1 Å². The Morgan fingerprint density at radius 3 is 2.62 bits per heavy atom. The van der Waals surface area contributed by atoms with Crippen molar-refractivity contribution in [2.24, 2.45) is 5.92 Å². The third kappa shape index (κ3) is 2.77. The molecular formula is C25H25N3O4. The van der Waals surface area contributed by atoms with E-state index in [9.17, 15) is 14.4 Å². The number of allylic oxidation sites excluding steroid dienone is 2. The number of nitrogens with one attached hydrogen (secondary N) is 1. The summed E-state index contributed by atoms with van der Waals surface area (Å²) in [5.74, 6) is -0.647. The summed E-state index contributed by atoms with van der Waals surface area (Å²) >= 11 is 0. The predicted molar refractivity (Wildman–Crippen MR) is 121 cm³/mol. The first-order valence-corrected chi connectivity index (χ1v) is 10.6. The van der Waals surface area contributed by atoms with Crippen LogP contribution >= 0.6 is 0 Å². The van der Waals surface area contributed by atoms with Crippen LogP contribution in [0.4, 0.5) is 5.69 Å². The summed E-state index contributed by atoms with van der Waals surface area (Å²) in [6, 6.07) is 7.92. The molecule has 2 heterocycles. The molecule has 5 rings (SSSR count). The summed E-state index contributed by atoms with van der Waals surface area (Å²) in [6.07, 6.45) is 5.72. The maximum Gasteiger partial charge on any atom is 0.340 e. The number of aromatic amines is 1. The maximum atomic E-state index is 13.1. The second-order valence-electron chi connectivity index (χ2n) is 8.90. The number of anilines is 1. The van der Waals surface area contributed by atoms with Crippen molar-refractivity contribution >= 4 is 29.4 Å². The molecule has 2 aliphatic carbocycles. The van der Waals surface area contributed by atoms with Crippen molar-refractivity contribution in [3.8, 4) is 0 Å². The number of aryl methyl sites for hydroxylation is 1. The quantitative estimate of drug-likeness (QED) is 0.594. The fourth-order valence-electron chi connectivity index (χ4n) is 5.22. The van der Waals surface area contributed by atoms with E-state index in [-0.39, 0.29) is 17.6 Å². The number of likely N-dealkylation sites (tertiary alicyclic amines) is 1. The van der Waals surface area contributed by atoms with Crippen molar-refractivity contribution in [3.05, 3.63) is 70.2 Å². The van der Waals surface area contributed by atoms with Crippen molar-refractivity contribution in [1.29, 1.82) is 0 Å². The van der Waals surface area contributed by atoms with Crippen molar-refractivity contribution in [2.75, 3.05) is 32.6 Å². The molecule has 32 heavy (non-hydrogen) atoms. The monoisotopic (exact) mass is 431 g/mol. The predicted octanol–water partition coefficient (Wildman–Crippen LogP) is 3.07. The van der Waals surface area contributed by atoms with E-state index in [0.717, 1.165) is 17.7 Å². The van der Waals surface area contributed by atoms with Crippen LogP contribution in [0, 0.1) is 12.8 Å². The minimum absolute atomic E-state index is 0.164. The molecular weight excluding hydrogens is 406 g/mol. The van der Waals surface area contributed by atoms with Crippen LogP contribution in [0.25, 0.3) is 6.08 Å². The third-order valence-electron chi connectivity index (χ3n) is 6.89. The molecule has 1 aliphatic heterocycles. The summed E-state index contributed by atoms with van der Waals surface area (Å²) in [4.78, 5) is 45.2. The second-order valence-corrected chi connectivity index (χ2v) is 8.90. The molecule has 2 atom stereocenters. The van der Waals surface area contributed by atoms with Crippen LogP contribution in [0.15, 0.2) is 42.1 Å². The highest BCUT2D eigenvalue weighted by Gasteiger charge is 2.68. The minimum atomic E-state index is -0.464. The molecule has 0 bridgehead atoms. The Labute approximate surface area is 186 Å². The Balaban J connectivity index is 1.45. The van der Waals surface area contributed by atoms with Crippen LogP contribution in [-0.2, 0) is 14.9 Å². The summed E-state index contributed by atoms with van der Waals surface area (Å²) in [7, 11) is 5.29. The van der Waals surface area contributed by atoms with Gasteiger partial charge in [0.2, 0.25) is 5.78 Å². The Morgan fingerprint density at radius 2 is 1.97 bits per heavy atom. The van der Waals surface area contributed by atoms with E-state index in [4.69, 9.17) is 4.74 Å². The van der Waals surface area contributed by atoms with Crippen LogP contribution in [0.2, 0.25) is 0 Å². The van der Waals surface area contributed by atoms with Crippen molar-refractivity contribution in [1.82, 2.24) is 9.88 Å². The Kier molecular flexibility index (Phi) is 4.41. The number of fused-ring (bicyclic) bond motifs is 1. The van der Waals surface area contributed by atoms with E-state index in [0.29, 0.717) is 34.8 Å². The summed E-state index contributed by atoms with van der Waals surface area (Å²) in [5.41, 5.74) is 4.43. The van der Waals surface area contributed by atoms with E-state index in [1.165, 1.54) is 7.11 Å². The number of amides is 1. The topological polar surface area (TPSA) is 82.7 Å². The number of H-pyrrole nitrogens is 1. The fraction of sp³-hybridized carbons (Fsp3) is 0.320. The van der Waals surface area contributed by atoms with E-state index < -0.39 is 11.4 Å². The van der Waals surface area contributed by atoms with Gasteiger partial charge in [-0.2, -0.15) is 0 Å². The van der Waals surface area contributed by atoms with Crippen molar-refractivity contribution in [3.63, 3.8) is 0 Å². The van der Waals surface area contributed by atoms with Gasteiger partial charge in [0.25, 0.3) is 5.91 Å². The van der Waals surface area contributed by atoms with E-state index in [2.05, 4.69) is 4.98 Å². The Morgan fingerprint density at radius 1 is 1.25 bits per heavy atom. The molecule has 1 saturated heterocycles. The molecule has 1 saturated carbocycles. The molecule has 2 aromatic rings. The average molecular weight is 431 g/mol. The lowest BCUT2D eigenvalue weighted by atomic mass is 9.82. The van der Waals surface area contributed by atoms with Crippen LogP contribution in [0.3, 0.4) is 0 Å². The van der Waals surface area contributed by atoms with Gasteiger partial charge in [0.1, 0.15) is 0 Å². The molecule has 7 heteroatoms. The number of carbonyl (C=O) groups is 3. The number of rotatable bonds is 4. The molecule has 0 unspecified atom stereocenters. The zero-order valence-electron chi connectivity index (χ0n) is 18.6. The van der Waals surface area contributed by atoms with Gasteiger partial charge in [-0.05, 0) is 43.0 Å². The minimum Gasteiger partial charge on any atom is -0.465 e. The van der Waals surface area contributed by atoms with Gasteiger partial charge in [-0.3, -0.25) is 9.59 Å². The van der Waals surface area contributed by atoms with Crippen molar-refractivity contribution in [2.45, 2.75) is 18.8 Å². The van der Waals surface area contributed by atoms with Crippen molar-refractivity contribution < 1.29 is 19.1 Å². The van der Waals surface area contributed by atoms with Gasteiger partial charge in [-0.15, -0.1) is 0 Å². The maximum absolute atomic E-state index is 13.1. The molecule has 1 aromatic heterocycles. The number of ether oxygens (including phenoxy) is 1. The zero-order valence-corrected chi connectivity index (χ0v) is 18.6. The molecule has 3 aliphatic rings. The van der Waals surface area contributed by atoms with E-state index in [1.807, 2.05) is 43.3 Å². The lowest BCUT2D eigenvalue weighted by Gasteiger charge is -2.27. The number of ketones is 1. The van der Waals surface area contributed by atoms with Crippen LogP contribution < -0.4 is 4.90 Å². The average Bonchev–Trinajstić information content (AvgIpc) is 3.22. The van der Waals surface area contributed by atoms with Gasteiger partial charge in [-0.25, -0.2) is 4.79 Å². The van der Waals surface area contributed by atoms with Gasteiger partial charge in [0.15, 0.2) is 0 Å². The third-order valence-corrected chi connectivity index (χ3v) is 6.89.